The largest absolute Gasteiger partial charge is 0.388 e. The number of aliphatic hydroxyl groups excluding tert-OH is 2. The molecule has 9 heteroatoms. The van der Waals surface area contributed by atoms with E-state index < -0.39 is 24.5 Å². The minimum Gasteiger partial charge on any atom is -0.388 e. The van der Waals surface area contributed by atoms with Crippen molar-refractivity contribution < 1.29 is 14.9 Å². The summed E-state index contributed by atoms with van der Waals surface area (Å²) in [7, 11) is 1.85. The Morgan fingerprint density at radius 2 is 1.92 bits per heavy atom. The lowest BCUT2D eigenvalue weighted by Gasteiger charge is -2.17. The lowest BCUT2D eigenvalue weighted by Crippen LogP contribution is -2.31. The molecule has 4 aromatic rings. The van der Waals surface area contributed by atoms with Crippen molar-refractivity contribution in [2.45, 2.75) is 69.0 Å². The van der Waals surface area contributed by atoms with Crippen molar-refractivity contribution in [3.63, 3.8) is 0 Å². The average Bonchev–Trinajstić information content (AvgIpc) is 3.62. The molecule has 5 N–H and O–H groups in total. The van der Waals surface area contributed by atoms with Crippen LogP contribution in [-0.4, -0.2) is 55.1 Å². The van der Waals surface area contributed by atoms with E-state index in [4.69, 9.17) is 10.5 Å². The number of hydrogen-bond acceptors (Lipinski definition) is 8. The van der Waals surface area contributed by atoms with E-state index in [0.29, 0.717) is 30.2 Å². The number of aromatic nitrogens is 4. The first-order valence-electron chi connectivity index (χ1n) is 12.7. The van der Waals surface area contributed by atoms with Gasteiger partial charge in [-0.25, -0.2) is 15.0 Å². The third-order valence-electron chi connectivity index (χ3n) is 7.80. The number of nitrogens with one attached hydrogen (secondary N) is 1. The Kier molecular flexibility index (Phi) is 5.99. The third kappa shape index (κ3) is 3.97. The van der Waals surface area contributed by atoms with Gasteiger partial charge in [0, 0.05) is 18.6 Å². The molecule has 0 bridgehead atoms. The van der Waals surface area contributed by atoms with Gasteiger partial charge in [-0.2, -0.15) is 0 Å². The zero-order valence-electron chi connectivity index (χ0n) is 20.3. The molecule has 1 saturated carbocycles. The number of nitrogen functional groups attached to an aromatic ring is 1. The molecule has 1 saturated heterocycles. The number of hydrogen-bond donors (Lipinski definition) is 4. The lowest BCUT2D eigenvalue weighted by molar-refractivity contribution is -0.0365. The Labute approximate surface area is 209 Å². The first-order valence-corrected chi connectivity index (χ1v) is 12.7. The second-order valence-electron chi connectivity index (χ2n) is 9.99. The fraction of sp³-hybridized carbons (Fsp3) is 0.444. The molecular weight excluding hydrogens is 456 g/mol. The average molecular weight is 489 g/mol. The molecule has 3 aromatic heterocycles. The number of anilines is 2. The van der Waals surface area contributed by atoms with Crippen molar-refractivity contribution in [1.82, 2.24) is 19.5 Å². The van der Waals surface area contributed by atoms with Crippen molar-refractivity contribution >= 4 is 33.6 Å². The molecule has 1 aromatic carbocycles. The predicted octanol–water partition coefficient (Wildman–Crippen LogP) is 3.51. The Morgan fingerprint density at radius 1 is 1.11 bits per heavy atom. The molecule has 4 heterocycles. The van der Waals surface area contributed by atoms with E-state index in [9.17, 15) is 10.2 Å². The smallest absolute Gasteiger partial charge is 0.164 e. The molecule has 4 atom stereocenters. The first-order chi connectivity index (χ1) is 17.5. The Morgan fingerprint density at radius 3 is 2.72 bits per heavy atom. The van der Waals surface area contributed by atoms with Gasteiger partial charge in [0.1, 0.15) is 35.8 Å². The van der Waals surface area contributed by atoms with Crippen LogP contribution in [-0.2, 0) is 11.2 Å². The first kappa shape index (κ1) is 23.1. The van der Waals surface area contributed by atoms with Gasteiger partial charge in [0.2, 0.25) is 0 Å². The Hall–Kier alpha value is -3.27. The van der Waals surface area contributed by atoms with Crippen LogP contribution in [0.5, 0.6) is 0 Å². The summed E-state index contributed by atoms with van der Waals surface area (Å²) in [5.74, 6) is 1.66. The summed E-state index contributed by atoms with van der Waals surface area (Å²) in [4.78, 5) is 13.3. The number of pyridine rings is 1. The van der Waals surface area contributed by atoms with Crippen molar-refractivity contribution in [3.8, 4) is 0 Å². The van der Waals surface area contributed by atoms with Gasteiger partial charge >= 0.3 is 0 Å². The maximum atomic E-state index is 11.0. The van der Waals surface area contributed by atoms with Gasteiger partial charge in [0.05, 0.1) is 17.0 Å². The molecule has 6 rings (SSSR count). The van der Waals surface area contributed by atoms with E-state index in [0.717, 1.165) is 46.1 Å². The second-order valence-corrected chi connectivity index (χ2v) is 9.99. The molecule has 1 aliphatic carbocycles. The van der Waals surface area contributed by atoms with Gasteiger partial charge < -0.3 is 30.6 Å². The summed E-state index contributed by atoms with van der Waals surface area (Å²) in [6.45, 7) is 0. The normalized spacial score (nSPS) is 24.8. The fourth-order valence-corrected chi connectivity index (χ4v) is 5.84. The van der Waals surface area contributed by atoms with Crippen LogP contribution in [0.25, 0.3) is 21.9 Å². The SMILES string of the molecule is CNc1ccc2ccc(CC[C@H]3O[C@@H](n4cc(C5CCCC5)c5c(N)ncnc54)[C@H](O)[C@@H]3O)cc2n1. The minimum atomic E-state index is -1.07. The maximum absolute atomic E-state index is 11.0. The van der Waals surface area contributed by atoms with Crippen molar-refractivity contribution in [2.24, 2.45) is 0 Å². The summed E-state index contributed by atoms with van der Waals surface area (Å²) < 4.78 is 8.12. The Bertz CT molecular complexity index is 1400. The zero-order valence-corrected chi connectivity index (χ0v) is 20.3. The Balaban J connectivity index is 1.24. The molecule has 0 amide bonds. The number of nitrogens with two attached hydrogens (primary N) is 1. The van der Waals surface area contributed by atoms with E-state index in [1.165, 1.54) is 19.2 Å². The van der Waals surface area contributed by atoms with Crippen molar-refractivity contribution in [3.05, 3.63) is 54.0 Å². The van der Waals surface area contributed by atoms with Gasteiger partial charge in [0.25, 0.3) is 0 Å². The molecular formula is C27H32N6O3. The van der Waals surface area contributed by atoms with Crippen LogP contribution in [0, 0.1) is 0 Å². The van der Waals surface area contributed by atoms with Crippen molar-refractivity contribution in [1.29, 1.82) is 0 Å². The van der Waals surface area contributed by atoms with Crippen LogP contribution in [0.4, 0.5) is 11.6 Å². The number of benzene rings is 1. The molecule has 9 nitrogen and oxygen atoms in total. The van der Waals surface area contributed by atoms with Gasteiger partial charge in [-0.15, -0.1) is 0 Å². The number of aryl methyl sites for hydroxylation is 1. The van der Waals surface area contributed by atoms with Gasteiger partial charge in [-0.05, 0) is 60.9 Å². The molecule has 2 aliphatic rings. The number of fused-ring (bicyclic) bond motifs is 2. The molecule has 36 heavy (non-hydrogen) atoms. The number of ether oxygens (including phenoxy) is 1. The number of nitrogens with zero attached hydrogens (tertiary/aromatic N) is 4. The van der Waals surface area contributed by atoms with Crippen LogP contribution in [0.2, 0.25) is 0 Å². The van der Waals surface area contributed by atoms with E-state index in [-0.39, 0.29) is 0 Å². The molecule has 0 spiro atoms. The molecule has 1 aliphatic heterocycles. The third-order valence-corrected chi connectivity index (χ3v) is 7.80. The number of aliphatic hydroxyl groups is 2. The van der Waals surface area contributed by atoms with Crippen LogP contribution < -0.4 is 11.1 Å². The highest BCUT2D eigenvalue weighted by molar-refractivity contribution is 5.90. The van der Waals surface area contributed by atoms with E-state index in [1.807, 2.05) is 29.9 Å². The monoisotopic (exact) mass is 488 g/mol. The topological polar surface area (TPSA) is 131 Å². The van der Waals surface area contributed by atoms with Gasteiger partial charge in [-0.1, -0.05) is 25.0 Å². The second kappa shape index (κ2) is 9.31. The van der Waals surface area contributed by atoms with E-state index in [2.05, 4.69) is 38.5 Å². The number of rotatable bonds is 6. The maximum Gasteiger partial charge on any atom is 0.164 e. The molecule has 2 fully saturated rings. The van der Waals surface area contributed by atoms with Gasteiger partial charge in [-0.3, -0.25) is 0 Å². The minimum absolute atomic E-state index is 0.395. The quantitative estimate of drug-likeness (QED) is 0.324. The summed E-state index contributed by atoms with van der Waals surface area (Å²) in [5, 5.41) is 26.9. The summed E-state index contributed by atoms with van der Waals surface area (Å²) in [6.07, 6.45) is 5.95. The highest BCUT2D eigenvalue weighted by atomic mass is 16.6. The van der Waals surface area contributed by atoms with Crippen molar-refractivity contribution in [2.75, 3.05) is 18.1 Å². The summed E-state index contributed by atoms with van der Waals surface area (Å²) in [6, 6.07) is 10.2. The highest BCUT2D eigenvalue weighted by Crippen LogP contribution is 2.42. The summed E-state index contributed by atoms with van der Waals surface area (Å²) in [5.41, 5.74) is 10.0. The van der Waals surface area contributed by atoms with E-state index in [1.54, 1.807) is 0 Å². The molecule has 188 valence electrons. The molecule has 0 unspecified atom stereocenters. The van der Waals surface area contributed by atoms with E-state index >= 15 is 0 Å². The van der Waals surface area contributed by atoms with Crippen LogP contribution in [0.1, 0.15) is 55.4 Å². The zero-order chi connectivity index (χ0) is 24.8. The van der Waals surface area contributed by atoms with Crippen LogP contribution in [0.15, 0.2) is 42.9 Å². The standard InChI is InChI=1S/C27H32N6O3/c1-29-21-11-9-17-8-6-15(12-19(17)32-21)7-10-20-23(34)24(35)27(36-20)33-13-18(16-4-2-3-5-16)22-25(28)30-14-31-26(22)33/h6,8-9,11-14,16,20,23-24,27,34-35H,2-5,7,10H2,1H3,(H,29,32)(H2,28,30,31)/t20-,23-,24-,27-/m1/s1. The molecule has 0 radical (unpaired) electrons. The van der Waals surface area contributed by atoms with Crippen LogP contribution >= 0.6 is 0 Å². The fourth-order valence-electron chi connectivity index (χ4n) is 5.84. The van der Waals surface area contributed by atoms with Crippen LogP contribution in [0.3, 0.4) is 0 Å². The predicted molar refractivity (Wildman–Crippen MR) is 139 cm³/mol. The highest BCUT2D eigenvalue weighted by Gasteiger charge is 2.44. The van der Waals surface area contributed by atoms with Gasteiger partial charge in [0.15, 0.2) is 6.23 Å². The lowest BCUT2D eigenvalue weighted by atomic mass is 9.98. The summed E-state index contributed by atoms with van der Waals surface area (Å²) >= 11 is 0.